The Morgan fingerprint density at radius 1 is 0.278 bits per heavy atom. The number of allylic oxidation sites excluding steroid dienone is 8. The van der Waals surface area contributed by atoms with Gasteiger partial charge in [-0.1, -0.05) is 256 Å². The van der Waals surface area contributed by atoms with E-state index >= 15 is 0 Å². The minimum atomic E-state index is -4.81. The fourth-order valence-electron chi connectivity index (χ4n) is 11.0. The van der Waals surface area contributed by atoms with Crippen LogP contribution in [0.25, 0.3) is 0 Å². The van der Waals surface area contributed by atoms with Crippen molar-refractivity contribution in [1.29, 1.82) is 0 Å². The predicted molar refractivity (Wildman–Crippen MR) is 397 cm³/mol. The maximum Gasteiger partial charge on any atom is 2.00 e. The maximum atomic E-state index is 12.9. The minimum Gasteiger partial charge on any atom is -0.744 e. The summed E-state index contributed by atoms with van der Waals surface area (Å²) in [4.78, 5) is 50.2. The molecule has 2 aromatic rings. The first-order chi connectivity index (χ1) is 46.6. The van der Waals surface area contributed by atoms with Gasteiger partial charge in [-0.2, -0.15) is 0 Å². The van der Waals surface area contributed by atoms with Gasteiger partial charge in [0.1, 0.15) is 20.2 Å². The molecule has 0 aliphatic carbocycles. The zero-order valence-electron chi connectivity index (χ0n) is 61.1. The molecule has 0 bridgehead atoms. The van der Waals surface area contributed by atoms with Crippen LogP contribution in [-0.2, 0) is 39.2 Å². The van der Waals surface area contributed by atoms with E-state index in [9.17, 15) is 45.1 Å². The zero-order valence-corrected chi connectivity index (χ0v) is 64.9. The smallest absolute Gasteiger partial charge is 0.744 e. The summed E-state index contributed by atoms with van der Waals surface area (Å²) in [6.45, 7) is 9.62. The number of carbonyl (C=O) groups excluding carboxylic acids is 4. The molecule has 2 aromatic carbocycles. The molecule has 17 heteroatoms. The van der Waals surface area contributed by atoms with Gasteiger partial charge in [0.2, 0.25) is 0 Å². The molecule has 0 amide bonds. The van der Waals surface area contributed by atoms with Gasteiger partial charge in [-0.3, -0.25) is 0 Å². The van der Waals surface area contributed by atoms with E-state index in [0.717, 1.165) is 178 Å². The summed E-state index contributed by atoms with van der Waals surface area (Å²) in [7, 11) is -9.63. The molecule has 14 nitrogen and oxygen atoms in total. The van der Waals surface area contributed by atoms with Gasteiger partial charge >= 0.3 is 61.6 Å². The molecule has 0 saturated carbocycles. The second kappa shape index (κ2) is 65.7. The second-order valence-corrected chi connectivity index (χ2v) is 28.5. The van der Waals surface area contributed by atoms with Gasteiger partial charge in [0.05, 0.1) is 58.5 Å². The van der Waals surface area contributed by atoms with Crippen molar-refractivity contribution in [2.75, 3.05) is 26.4 Å². The predicted octanol–water partition coefficient (Wildman–Crippen LogP) is 22.5. The number of rotatable bonds is 62. The van der Waals surface area contributed by atoms with Crippen molar-refractivity contribution in [3.8, 4) is 0 Å². The van der Waals surface area contributed by atoms with E-state index in [1.54, 1.807) is 0 Å². The van der Waals surface area contributed by atoms with Gasteiger partial charge in [-0.15, -0.1) is 0 Å². The Labute approximate surface area is 620 Å². The molecule has 0 unspecified atom stereocenters. The van der Waals surface area contributed by atoms with E-state index in [1.807, 2.05) is 0 Å². The van der Waals surface area contributed by atoms with Crippen LogP contribution in [0.4, 0.5) is 0 Å². The van der Waals surface area contributed by atoms with Crippen molar-refractivity contribution in [3.63, 3.8) is 0 Å². The summed E-state index contributed by atoms with van der Waals surface area (Å²) in [5, 5.41) is 0. The summed E-state index contributed by atoms with van der Waals surface area (Å²) >= 11 is 0. The van der Waals surface area contributed by atoms with Crippen molar-refractivity contribution in [2.45, 2.75) is 346 Å². The Hall–Kier alpha value is -3.64. The largest absolute Gasteiger partial charge is 2.00 e. The summed E-state index contributed by atoms with van der Waals surface area (Å²) in [5.41, 5.74) is -0.719. The monoisotopic (exact) mass is 1420 g/mol. The van der Waals surface area contributed by atoms with E-state index in [4.69, 9.17) is 18.9 Å². The van der Waals surface area contributed by atoms with Gasteiger partial charge in [-0.25, -0.2) is 36.0 Å². The standard InChI is InChI=1S/2C40H66O7S.Ca/c2*1-3-5-7-9-11-13-15-17-19-21-23-25-27-29-33-46-39(41)37-32-31-36(48(43,44)45)35-38(37)40(42)47-34-30-28-26-24-22-20-18-16-14-12-10-8-6-4-2;/h2*15-18,31-32,35H,3-14,19-30,33-34H2,1-2H3,(H,43,44,45);/q;;+2/p-2/b2*17-15+,18-16+;. The van der Waals surface area contributed by atoms with Gasteiger partial charge < -0.3 is 28.1 Å². The Balaban J connectivity index is 0.00000188. The SMILES string of the molecule is CCCCCCC/C=C/CCCCCCCOC(=O)c1ccc(S(=O)(=O)[O-])cc1C(=O)OCCCCCCC/C=C/CCCCCCC.CCCCCCC/C=C/CCCCCCCOC(=O)c1ccc(S(=O)(=O)[O-])cc1C(=O)OCCCCCCC/C=C/CCCCCCC.[Ca+2]. The van der Waals surface area contributed by atoms with E-state index in [-0.39, 0.29) is 86.4 Å². The van der Waals surface area contributed by atoms with Crippen molar-refractivity contribution in [2.24, 2.45) is 0 Å². The van der Waals surface area contributed by atoms with Crippen molar-refractivity contribution in [1.82, 2.24) is 0 Å². The molecule has 0 saturated heterocycles. The van der Waals surface area contributed by atoms with Crippen LogP contribution < -0.4 is 0 Å². The fourth-order valence-corrected chi connectivity index (χ4v) is 12.0. The number of hydrogen-bond donors (Lipinski definition) is 0. The third kappa shape index (κ3) is 53.8. The van der Waals surface area contributed by atoms with Crippen molar-refractivity contribution < 1.29 is 64.1 Å². The number of ether oxygens (including phenoxy) is 4. The van der Waals surface area contributed by atoms with E-state index in [0.29, 0.717) is 25.7 Å². The van der Waals surface area contributed by atoms with Crippen LogP contribution in [0.1, 0.15) is 377 Å². The molecule has 0 N–H and O–H groups in total. The molecule has 0 aliphatic rings. The van der Waals surface area contributed by atoms with Crippen molar-refractivity contribution in [3.05, 3.63) is 107 Å². The molecule has 0 heterocycles. The van der Waals surface area contributed by atoms with Gasteiger partial charge in [0, 0.05) is 0 Å². The van der Waals surface area contributed by atoms with Crippen LogP contribution in [0.2, 0.25) is 0 Å². The summed E-state index contributed by atoms with van der Waals surface area (Å²) in [6.07, 6.45) is 72.9. The summed E-state index contributed by atoms with van der Waals surface area (Å²) in [6, 6.07) is 6.20. The number of hydrogen-bond acceptors (Lipinski definition) is 14. The first-order valence-electron chi connectivity index (χ1n) is 38.1. The third-order valence-corrected chi connectivity index (χ3v) is 18.7. The molecule has 0 spiro atoms. The topological polar surface area (TPSA) is 220 Å². The Morgan fingerprint density at radius 2 is 0.454 bits per heavy atom. The quantitative estimate of drug-likeness (QED) is 0.0150. The maximum absolute atomic E-state index is 12.9. The fraction of sp³-hybridized carbons (Fsp3) is 0.700. The average molecular weight is 1420 g/mol. The van der Waals surface area contributed by atoms with E-state index < -0.39 is 53.9 Å². The van der Waals surface area contributed by atoms with Crippen LogP contribution in [0.3, 0.4) is 0 Å². The molecule has 548 valence electrons. The molecule has 0 atom stereocenters. The molecular formula is C80H130CaO14S2. The normalized spacial score (nSPS) is 11.8. The van der Waals surface area contributed by atoms with Gasteiger partial charge in [-0.05, 0) is 165 Å². The van der Waals surface area contributed by atoms with Crippen LogP contribution in [0.5, 0.6) is 0 Å². The van der Waals surface area contributed by atoms with E-state index in [1.165, 1.54) is 141 Å². The second-order valence-electron chi connectivity index (χ2n) is 25.8. The van der Waals surface area contributed by atoms with Crippen LogP contribution in [-0.4, -0.2) is 114 Å². The number of unbranched alkanes of at least 4 members (excludes halogenated alkanes) is 40. The Bertz CT molecular complexity index is 2470. The minimum absolute atomic E-state index is 0. The van der Waals surface area contributed by atoms with Gasteiger partial charge in [0.25, 0.3) is 0 Å². The molecule has 97 heavy (non-hydrogen) atoms. The average Bonchev–Trinajstić information content (AvgIpc) is 0.828. The number of carbonyl (C=O) groups is 4. The Kier molecular flexibility index (Phi) is 63.2. The summed E-state index contributed by atoms with van der Waals surface area (Å²) < 4.78 is 91.1. The molecule has 0 radical (unpaired) electrons. The molecular weight excluding hydrogens is 1290 g/mol. The number of esters is 4. The molecule has 0 aliphatic heterocycles. The molecule has 0 fully saturated rings. The van der Waals surface area contributed by atoms with Crippen molar-refractivity contribution >= 4 is 81.9 Å². The Morgan fingerprint density at radius 3 is 0.649 bits per heavy atom. The van der Waals surface area contributed by atoms with Gasteiger partial charge in [0.15, 0.2) is 0 Å². The van der Waals surface area contributed by atoms with Crippen LogP contribution in [0.15, 0.2) is 94.8 Å². The molecule has 0 aromatic heterocycles. The third-order valence-electron chi connectivity index (χ3n) is 17.0. The molecule has 2 rings (SSSR count). The summed E-state index contributed by atoms with van der Waals surface area (Å²) in [5.74, 6) is -3.14. The van der Waals surface area contributed by atoms with E-state index in [2.05, 4.69) is 76.3 Å². The number of benzene rings is 2. The van der Waals surface area contributed by atoms with Crippen LogP contribution in [0, 0.1) is 0 Å². The zero-order chi connectivity index (χ0) is 70.3. The first-order valence-corrected chi connectivity index (χ1v) is 40.9. The first kappa shape index (κ1) is 93.4. The van der Waals surface area contributed by atoms with Crippen LogP contribution >= 0.6 is 0 Å².